The number of piperidine rings is 1. The van der Waals surface area contributed by atoms with E-state index in [9.17, 15) is 4.79 Å². The van der Waals surface area contributed by atoms with Crippen LogP contribution in [0.15, 0.2) is 18.5 Å². The molecule has 1 atom stereocenters. The van der Waals surface area contributed by atoms with Crippen molar-refractivity contribution in [3.8, 4) is 0 Å². The van der Waals surface area contributed by atoms with Crippen LogP contribution in [-0.2, 0) is 0 Å². The van der Waals surface area contributed by atoms with Gasteiger partial charge < -0.3 is 9.80 Å². The quantitative estimate of drug-likeness (QED) is 0.816. The molecule has 2 aromatic rings. The summed E-state index contributed by atoms with van der Waals surface area (Å²) in [6.07, 6.45) is 7.14. The summed E-state index contributed by atoms with van der Waals surface area (Å²) in [6, 6.07) is 1.85. The molecule has 2 aliphatic heterocycles. The van der Waals surface area contributed by atoms with E-state index in [-0.39, 0.29) is 5.91 Å². The van der Waals surface area contributed by atoms with Gasteiger partial charge in [0.1, 0.15) is 5.69 Å². The maximum absolute atomic E-state index is 13.2. The molecule has 152 valence electrons. The van der Waals surface area contributed by atoms with Gasteiger partial charge in [-0.25, -0.2) is 9.97 Å². The molecule has 2 aromatic heterocycles. The van der Waals surface area contributed by atoms with E-state index in [0.717, 1.165) is 43.5 Å². The summed E-state index contributed by atoms with van der Waals surface area (Å²) in [4.78, 5) is 26.5. The molecule has 6 nitrogen and oxygen atoms in total. The predicted octanol–water partition coefficient (Wildman–Crippen LogP) is 3.26. The van der Waals surface area contributed by atoms with Crippen molar-refractivity contribution in [2.24, 2.45) is 17.3 Å². The predicted molar refractivity (Wildman–Crippen MR) is 110 cm³/mol. The number of carbonyl (C=O) groups excluding carboxylic acids is 1. The van der Waals surface area contributed by atoms with Crippen LogP contribution in [0.4, 0.5) is 0 Å². The number of likely N-dealkylation sites (tertiary alicyclic amines) is 2. The standard InChI is InChI=1S/C22H33N5O/c1-16-19(27-10-5-9-23-21(27)24-16)20(28)26-12-7-17(8-13-26)18-6-11-25(14-18)15-22(2,3)4/h5,9-10,17-18H,6-8,11-15H2,1-4H3/t18-/m0/s1. The number of hydrogen-bond acceptors (Lipinski definition) is 4. The largest absolute Gasteiger partial charge is 0.337 e. The smallest absolute Gasteiger partial charge is 0.272 e. The maximum atomic E-state index is 13.2. The number of nitrogens with zero attached hydrogens (tertiary/aromatic N) is 5. The molecule has 2 aliphatic rings. The van der Waals surface area contributed by atoms with E-state index in [0.29, 0.717) is 16.9 Å². The van der Waals surface area contributed by atoms with Crippen molar-refractivity contribution in [3.63, 3.8) is 0 Å². The Morgan fingerprint density at radius 2 is 1.86 bits per heavy atom. The minimum atomic E-state index is 0.0947. The number of aryl methyl sites for hydroxylation is 1. The van der Waals surface area contributed by atoms with Gasteiger partial charge in [-0.05, 0) is 56.0 Å². The Morgan fingerprint density at radius 3 is 2.57 bits per heavy atom. The highest BCUT2D eigenvalue weighted by Crippen LogP contribution is 2.33. The zero-order chi connectivity index (χ0) is 19.9. The Kier molecular flexibility index (Phi) is 5.17. The second-order valence-corrected chi connectivity index (χ2v) is 9.81. The third kappa shape index (κ3) is 3.93. The molecular weight excluding hydrogens is 350 g/mol. The number of rotatable bonds is 3. The van der Waals surface area contributed by atoms with Crippen LogP contribution >= 0.6 is 0 Å². The fourth-order valence-corrected chi connectivity index (χ4v) is 5.04. The summed E-state index contributed by atoms with van der Waals surface area (Å²) < 4.78 is 1.82. The topological polar surface area (TPSA) is 53.7 Å². The maximum Gasteiger partial charge on any atom is 0.272 e. The van der Waals surface area contributed by atoms with E-state index < -0.39 is 0 Å². The van der Waals surface area contributed by atoms with E-state index in [1.54, 1.807) is 6.20 Å². The highest BCUT2D eigenvalue weighted by Gasteiger charge is 2.34. The summed E-state index contributed by atoms with van der Waals surface area (Å²) >= 11 is 0. The Labute approximate surface area is 167 Å². The van der Waals surface area contributed by atoms with Crippen LogP contribution in [0.5, 0.6) is 0 Å². The van der Waals surface area contributed by atoms with Gasteiger partial charge in [-0.15, -0.1) is 0 Å². The van der Waals surface area contributed by atoms with Gasteiger partial charge in [0.2, 0.25) is 5.78 Å². The molecule has 2 saturated heterocycles. The van der Waals surface area contributed by atoms with E-state index >= 15 is 0 Å². The first-order valence-electron chi connectivity index (χ1n) is 10.6. The van der Waals surface area contributed by atoms with Crippen molar-refractivity contribution in [1.82, 2.24) is 24.2 Å². The normalized spacial score (nSPS) is 22.3. The van der Waals surface area contributed by atoms with Gasteiger partial charge in [-0.3, -0.25) is 9.20 Å². The Balaban J connectivity index is 1.37. The van der Waals surface area contributed by atoms with Crippen LogP contribution in [0, 0.1) is 24.2 Å². The SMILES string of the molecule is Cc1nc2ncccn2c1C(=O)N1CCC([C@H]2CCN(CC(C)(C)C)C2)CC1. The molecule has 0 aliphatic carbocycles. The van der Waals surface area contributed by atoms with Crippen LogP contribution in [0.25, 0.3) is 5.78 Å². The summed E-state index contributed by atoms with van der Waals surface area (Å²) in [6.45, 7) is 14.2. The molecule has 6 heteroatoms. The van der Waals surface area contributed by atoms with Crippen LogP contribution < -0.4 is 0 Å². The second-order valence-electron chi connectivity index (χ2n) is 9.81. The summed E-state index contributed by atoms with van der Waals surface area (Å²) in [5, 5.41) is 0. The Hall–Kier alpha value is -1.95. The highest BCUT2D eigenvalue weighted by atomic mass is 16.2. The first kappa shape index (κ1) is 19.4. The van der Waals surface area contributed by atoms with Crippen molar-refractivity contribution in [2.45, 2.75) is 47.0 Å². The fourth-order valence-electron chi connectivity index (χ4n) is 5.04. The van der Waals surface area contributed by atoms with Gasteiger partial charge in [0.05, 0.1) is 5.69 Å². The highest BCUT2D eigenvalue weighted by molar-refractivity contribution is 5.94. The third-order valence-electron chi connectivity index (χ3n) is 6.28. The summed E-state index contributed by atoms with van der Waals surface area (Å²) in [7, 11) is 0. The fraction of sp³-hybridized carbons (Fsp3) is 0.682. The molecule has 0 radical (unpaired) electrons. The number of carbonyl (C=O) groups is 1. The molecule has 2 fully saturated rings. The molecule has 0 bridgehead atoms. The van der Waals surface area contributed by atoms with E-state index in [1.807, 2.05) is 28.5 Å². The molecule has 0 unspecified atom stereocenters. The number of imidazole rings is 1. The minimum Gasteiger partial charge on any atom is -0.337 e. The lowest BCUT2D eigenvalue weighted by molar-refractivity contribution is 0.0649. The van der Waals surface area contributed by atoms with Gasteiger partial charge in [0.15, 0.2) is 0 Å². The van der Waals surface area contributed by atoms with Gasteiger partial charge in [0, 0.05) is 38.6 Å². The molecule has 0 spiro atoms. The Bertz CT molecular complexity index is 844. The van der Waals surface area contributed by atoms with E-state index in [2.05, 4.69) is 35.6 Å². The average molecular weight is 384 g/mol. The first-order chi connectivity index (χ1) is 13.3. The van der Waals surface area contributed by atoms with Crippen molar-refractivity contribution in [3.05, 3.63) is 29.8 Å². The lowest BCUT2D eigenvalue weighted by Gasteiger charge is -2.35. The molecule has 0 N–H and O–H groups in total. The number of amides is 1. The molecule has 1 amide bonds. The molecule has 4 rings (SSSR count). The molecular formula is C22H33N5O. The number of aromatic nitrogens is 3. The van der Waals surface area contributed by atoms with Gasteiger partial charge in [-0.1, -0.05) is 20.8 Å². The zero-order valence-corrected chi connectivity index (χ0v) is 17.7. The lowest BCUT2D eigenvalue weighted by Crippen LogP contribution is -2.41. The van der Waals surface area contributed by atoms with Gasteiger partial charge in [-0.2, -0.15) is 0 Å². The van der Waals surface area contributed by atoms with E-state index in [1.165, 1.54) is 26.1 Å². The molecule has 0 saturated carbocycles. The van der Waals surface area contributed by atoms with Crippen molar-refractivity contribution in [2.75, 3.05) is 32.7 Å². The van der Waals surface area contributed by atoms with Crippen molar-refractivity contribution in [1.29, 1.82) is 0 Å². The third-order valence-corrected chi connectivity index (χ3v) is 6.28. The summed E-state index contributed by atoms with van der Waals surface area (Å²) in [5.41, 5.74) is 1.80. The van der Waals surface area contributed by atoms with Crippen LogP contribution in [0.3, 0.4) is 0 Å². The first-order valence-corrected chi connectivity index (χ1v) is 10.6. The second kappa shape index (κ2) is 7.47. The van der Waals surface area contributed by atoms with Crippen molar-refractivity contribution < 1.29 is 4.79 Å². The lowest BCUT2D eigenvalue weighted by atomic mass is 9.83. The molecule has 0 aromatic carbocycles. The monoisotopic (exact) mass is 383 g/mol. The van der Waals surface area contributed by atoms with Gasteiger partial charge in [0.25, 0.3) is 5.91 Å². The van der Waals surface area contributed by atoms with Crippen LogP contribution in [0.1, 0.15) is 56.2 Å². The number of hydrogen-bond donors (Lipinski definition) is 0. The number of fused-ring (bicyclic) bond motifs is 1. The Morgan fingerprint density at radius 1 is 1.14 bits per heavy atom. The van der Waals surface area contributed by atoms with E-state index in [4.69, 9.17) is 0 Å². The van der Waals surface area contributed by atoms with Gasteiger partial charge >= 0.3 is 0 Å². The van der Waals surface area contributed by atoms with Crippen LogP contribution in [-0.4, -0.2) is 62.8 Å². The molecule has 28 heavy (non-hydrogen) atoms. The zero-order valence-electron chi connectivity index (χ0n) is 17.7. The van der Waals surface area contributed by atoms with Crippen molar-refractivity contribution >= 4 is 11.7 Å². The average Bonchev–Trinajstić information content (AvgIpc) is 3.23. The minimum absolute atomic E-state index is 0.0947. The van der Waals surface area contributed by atoms with Crippen LogP contribution in [0.2, 0.25) is 0 Å². The molecule has 4 heterocycles. The summed E-state index contributed by atoms with van der Waals surface area (Å²) in [5.74, 6) is 2.24.